The first-order valence-electron chi connectivity index (χ1n) is 9.09. The number of carbonyl (C=O) groups excluding carboxylic acids is 2. The number of rotatable bonds is 5. The van der Waals surface area contributed by atoms with Crippen molar-refractivity contribution in [1.82, 2.24) is 4.98 Å². The van der Waals surface area contributed by atoms with E-state index in [4.69, 9.17) is 0 Å². The first kappa shape index (κ1) is 19.8. The Hall–Kier alpha value is -2.99. The van der Waals surface area contributed by atoms with Gasteiger partial charge in [0, 0.05) is 29.2 Å². The zero-order chi connectivity index (χ0) is 20.3. The van der Waals surface area contributed by atoms with Crippen LogP contribution in [0.15, 0.2) is 47.8 Å². The zero-order valence-corrected chi connectivity index (χ0v) is 17.2. The van der Waals surface area contributed by atoms with Gasteiger partial charge in [0.25, 0.3) is 5.91 Å². The van der Waals surface area contributed by atoms with Gasteiger partial charge >= 0.3 is 0 Å². The van der Waals surface area contributed by atoms with E-state index in [0.29, 0.717) is 17.3 Å². The lowest BCUT2D eigenvalue weighted by atomic mass is 10.0. The number of anilines is 2. The molecule has 0 spiro atoms. The molecule has 0 atom stereocenters. The van der Waals surface area contributed by atoms with Crippen LogP contribution in [0, 0.1) is 6.92 Å². The van der Waals surface area contributed by atoms with Crippen LogP contribution in [0.4, 0.5) is 11.4 Å². The van der Waals surface area contributed by atoms with Crippen molar-refractivity contribution < 1.29 is 9.59 Å². The number of hydrogen-bond acceptors (Lipinski definition) is 4. The van der Waals surface area contributed by atoms with Crippen LogP contribution in [0.2, 0.25) is 0 Å². The summed E-state index contributed by atoms with van der Waals surface area (Å²) in [6.45, 7) is 7.66. The van der Waals surface area contributed by atoms with Crippen molar-refractivity contribution >= 4 is 34.5 Å². The third-order valence-electron chi connectivity index (χ3n) is 4.36. The Bertz CT molecular complexity index is 1010. The maximum atomic E-state index is 12.5. The van der Waals surface area contributed by atoms with Crippen LogP contribution in [0.25, 0.3) is 10.6 Å². The topological polar surface area (TPSA) is 71.1 Å². The number of amides is 2. The van der Waals surface area contributed by atoms with Crippen molar-refractivity contribution in [2.24, 2.45) is 0 Å². The number of hydrogen-bond donors (Lipinski definition) is 2. The van der Waals surface area contributed by atoms with Crippen LogP contribution in [0.5, 0.6) is 0 Å². The Kier molecular flexibility index (Phi) is 5.90. The summed E-state index contributed by atoms with van der Waals surface area (Å²) in [7, 11) is 0. The van der Waals surface area contributed by atoms with E-state index in [1.54, 1.807) is 17.5 Å². The zero-order valence-electron chi connectivity index (χ0n) is 16.4. The summed E-state index contributed by atoms with van der Waals surface area (Å²) in [5.41, 5.74) is 4.92. The predicted octanol–water partition coefficient (Wildman–Crippen LogP) is 5.45. The lowest BCUT2D eigenvalue weighted by Crippen LogP contribution is -2.13. The first-order valence-corrected chi connectivity index (χ1v) is 9.97. The molecule has 0 aliphatic rings. The summed E-state index contributed by atoms with van der Waals surface area (Å²) >= 11 is 1.45. The lowest BCUT2D eigenvalue weighted by Gasteiger charge is -2.09. The highest BCUT2D eigenvalue weighted by Gasteiger charge is 2.13. The van der Waals surface area contributed by atoms with Crippen molar-refractivity contribution in [2.45, 2.75) is 33.6 Å². The van der Waals surface area contributed by atoms with E-state index in [9.17, 15) is 9.59 Å². The van der Waals surface area contributed by atoms with Gasteiger partial charge in [-0.2, -0.15) is 0 Å². The van der Waals surface area contributed by atoms with E-state index < -0.39 is 0 Å². The molecule has 0 fully saturated rings. The number of thiazole rings is 1. The van der Waals surface area contributed by atoms with Crippen molar-refractivity contribution in [1.29, 1.82) is 0 Å². The molecule has 3 aromatic rings. The normalized spacial score (nSPS) is 10.8. The van der Waals surface area contributed by atoms with Crippen LogP contribution in [0.3, 0.4) is 0 Å². The molecule has 0 radical (unpaired) electrons. The molecule has 144 valence electrons. The van der Waals surface area contributed by atoms with Gasteiger partial charge in [0.2, 0.25) is 5.91 Å². The molecular weight excluding hydrogens is 370 g/mol. The average Bonchev–Trinajstić information content (AvgIpc) is 3.14. The Balaban J connectivity index is 1.72. The Morgan fingerprint density at radius 3 is 2.36 bits per heavy atom. The number of carbonyl (C=O) groups is 2. The second-order valence-corrected chi connectivity index (χ2v) is 7.84. The second-order valence-electron chi connectivity index (χ2n) is 6.98. The first-order chi connectivity index (χ1) is 13.3. The summed E-state index contributed by atoms with van der Waals surface area (Å²) in [5.74, 6) is 0.0940. The molecule has 0 aliphatic heterocycles. The smallest absolute Gasteiger partial charge is 0.275 e. The molecule has 2 N–H and O–H groups in total. The van der Waals surface area contributed by atoms with Crippen LogP contribution < -0.4 is 10.6 Å². The molecule has 0 bridgehead atoms. The second kappa shape index (κ2) is 8.35. The largest absolute Gasteiger partial charge is 0.326 e. The third kappa shape index (κ3) is 4.64. The minimum absolute atomic E-state index is 0.128. The Morgan fingerprint density at radius 1 is 1.04 bits per heavy atom. The van der Waals surface area contributed by atoms with Gasteiger partial charge in [-0.1, -0.05) is 38.1 Å². The molecule has 0 saturated carbocycles. The summed E-state index contributed by atoms with van der Waals surface area (Å²) < 4.78 is 0. The molecule has 1 aromatic heterocycles. The van der Waals surface area contributed by atoms with Gasteiger partial charge in [0.05, 0.1) is 0 Å². The van der Waals surface area contributed by atoms with E-state index >= 15 is 0 Å². The maximum Gasteiger partial charge on any atom is 0.275 e. The fraction of sp³-hybridized carbons (Fsp3) is 0.227. The molecule has 2 aromatic carbocycles. The van der Waals surface area contributed by atoms with E-state index in [1.807, 2.05) is 25.1 Å². The molecule has 1 heterocycles. The van der Waals surface area contributed by atoms with Crippen LogP contribution in [0.1, 0.15) is 48.3 Å². The number of benzene rings is 2. The Morgan fingerprint density at radius 2 is 1.75 bits per heavy atom. The van der Waals surface area contributed by atoms with E-state index in [2.05, 4.69) is 41.6 Å². The summed E-state index contributed by atoms with van der Waals surface area (Å²) in [6, 6.07) is 13.6. The quantitative estimate of drug-likeness (QED) is 0.605. The van der Waals surface area contributed by atoms with Crippen LogP contribution in [-0.2, 0) is 4.79 Å². The Labute approximate surface area is 168 Å². The lowest BCUT2D eigenvalue weighted by molar-refractivity contribution is -0.114. The standard InChI is InChI=1S/C22H23N3O2S/c1-13(2)16-5-7-17(8-6-16)22-25-20(12-28-22)21(27)24-18-9-10-19(14(3)11-18)23-15(4)26/h5-13H,1-4H3,(H,23,26)(H,24,27). The SMILES string of the molecule is CC(=O)Nc1ccc(NC(=O)c2csc(-c3ccc(C(C)C)cc3)n2)cc1C. The molecule has 0 aliphatic carbocycles. The van der Waals surface area contributed by atoms with Gasteiger partial charge in [0.15, 0.2) is 0 Å². The molecular formula is C22H23N3O2S. The number of nitrogens with one attached hydrogen (secondary N) is 2. The number of aromatic nitrogens is 1. The highest BCUT2D eigenvalue weighted by atomic mass is 32.1. The van der Waals surface area contributed by atoms with Gasteiger partial charge in [-0.15, -0.1) is 11.3 Å². The highest BCUT2D eigenvalue weighted by molar-refractivity contribution is 7.13. The molecule has 0 unspecified atom stereocenters. The van der Waals surface area contributed by atoms with E-state index in [1.165, 1.54) is 23.8 Å². The van der Waals surface area contributed by atoms with Crippen LogP contribution >= 0.6 is 11.3 Å². The van der Waals surface area contributed by atoms with E-state index in [0.717, 1.165) is 21.8 Å². The molecule has 0 saturated heterocycles. The highest BCUT2D eigenvalue weighted by Crippen LogP contribution is 2.26. The van der Waals surface area contributed by atoms with Gasteiger partial charge in [-0.25, -0.2) is 4.98 Å². The fourth-order valence-electron chi connectivity index (χ4n) is 2.79. The van der Waals surface area contributed by atoms with E-state index in [-0.39, 0.29) is 11.8 Å². The van der Waals surface area contributed by atoms with Gasteiger partial charge in [-0.3, -0.25) is 9.59 Å². The summed E-state index contributed by atoms with van der Waals surface area (Å²) in [6.07, 6.45) is 0. The van der Waals surface area contributed by atoms with Crippen molar-refractivity contribution in [2.75, 3.05) is 10.6 Å². The van der Waals surface area contributed by atoms with Gasteiger partial charge in [-0.05, 0) is 42.2 Å². The summed E-state index contributed by atoms with van der Waals surface area (Å²) in [5, 5.41) is 8.20. The number of aryl methyl sites for hydroxylation is 1. The van der Waals surface area contributed by atoms with Crippen molar-refractivity contribution in [3.8, 4) is 10.6 Å². The molecule has 5 nitrogen and oxygen atoms in total. The minimum Gasteiger partial charge on any atom is -0.326 e. The minimum atomic E-state index is -0.257. The molecule has 3 rings (SSSR count). The van der Waals surface area contributed by atoms with Crippen molar-refractivity contribution in [3.63, 3.8) is 0 Å². The molecule has 6 heteroatoms. The predicted molar refractivity (Wildman–Crippen MR) is 115 cm³/mol. The van der Waals surface area contributed by atoms with Gasteiger partial charge < -0.3 is 10.6 Å². The summed E-state index contributed by atoms with van der Waals surface area (Å²) in [4.78, 5) is 28.2. The molecule has 28 heavy (non-hydrogen) atoms. The fourth-order valence-corrected chi connectivity index (χ4v) is 3.59. The molecule has 2 amide bonds. The maximum absolute atomic E-state index is 12.5. The average molecular weight is 394 g/mol. The van der Waals surface area contributed by atoms with Crippen molar-refractivity contribution in [3.05, 3.63) is 64.7 Å². The van der Waals surface area contributed by atoms with Crippen LogP contribution in [-0.4, -0.2) is 16.8 Å². The third-order valence-corrected chi connectivity index (χ3v) is 5.25. The number of nitrogens with zero attached hydrogens (tertiary/aromatic N) is 1. The monoisotopic (exact) mass is 393 g/mol. The van der Waals surface area contributed by atoms with Gasteiger partial charge in [0.1, 0.15) is 10.7 Å².